The third-order valence-corrected chi connectivity index (χ3v) is 3.10. The Bertz CT molecular complexity index is 214. The highest BCUT2D eigenvalue weighted by Gasteiger charge is 2.11. The maximum atomic E-state index is 11.7. The van der Waals surface area contributed by atoms with Gasteiger partial charge >= 0.3 is 0 Å². The van der Waals surface area contributed by atoms with Crippen molar-refractivity contribution in [1.29, 1.82) is 0 Å². The highest BCUT2D eigenvalue weighted by atomic mass is 32.2. The van der Waals surface area contributed by atoms with Crippen LogP contribution in [0.5, 0.6) is 0 Å². The lowest BCUT2D eigenvalue weighted by Gasteiger charge is -2.17. The molecule has 0 aromatic rings. The number of nitrogens with zero attached hydrogens (tertiary/aromatic N) is 1. The number of ether oxygens (including phenoxy) is 1. The average molecular weight is 238 g/mol. The first kappa shape index (κ1) is 12.7. The molecule has 0 bridgehead atoms. The van der Waals surface area contributed by atoms with Gasteiger partial charge in [0, 0.05) is 18.8 Å². The standard InChI is InChI=1S/C9H16F2N2OS/c1-7-4-13-9(15-6-7)12-2-3-14-5-8(10)11/h7-8H,2-6H2,1H3,(H,12,13). The van der Waals surface area contributed by atoms with E-state index in [-0.39, 0.29) is 0 Å². The normalized spacial score (nSPS) is 21.6. The summed E-state index contributed by atoms with van der Waals surface area (Å²) in [6, 6.07) is 0. The molecular weight excluding hydrogens is 222 g/mol. The summed E-state index contributed by atoms with van der Waals surface area (Å²) in [6.07, 6.45) is -2.38. The van der Waals surface area contributed by atoms with Gasteiger partial charge in [0.05, 0.1) is 6.61 Å². The highest BCUT2D eigenvalue weighted by molar-refractivity contribution is 8.13. The lowest BCUT2D eigenvalue weighted by atomic mass is 10.2. The number of thioether (sulfide) groups is 1. The van der Waals surface area contributed by atoms with Crippen molar-refractivity contribution < 1.29 is 13.5 Å². The summed E-state index contributed by atoms with van der Waals surface area (Å²) >= 11 is 1.67. The molecule has 0 fully saturated rings. The van der Waals surface area contributed by atoms with Gasteiger partial charge in [-0.05, 0) is 5.92 Å². The number of rotatable bonds is 5. The number of alkyl halides is 2. The van der Waals surface area contributed by atoms with E-state index in [0.29, 0.717) is 19.1 Å². The number of aliphatic imine (C=N–C) groups is 1. The predicted molar refractivity (Wildman–Crippen MR) is 58.7 cm³/mol. The van der Waals surface area contributed by atoms with Gasteiger partial charge in [0.2, 0.25) is 0 Å². The molecule has 0 amide bonds. The lowest BCUT2D eigenvalue weighted by Crippen LogP contribution is -2.29. The summed E-state index contributed by atoms with van der Waals surface area (Å²) in [5.41, 5.74) is 0. The second kappa shape index (κ2) is 7.00. The lowest BCUT2D eigenvalue weighted by molar-refractivity contribution is 0.0197. The number of halogens is 2. The van der Waals surface area contributed by atoms with Gasteiger partial charge in [-0.15, -0.1) is 0 Å². The molecular formula is C9H16F2N2OS. The Balaban J connectivity index is 2.00. The molecule has 0 saturated carbocycles. The molecule has 0 spiro atoms. The van der Waals surface area contributed by atoms with Gasteiger partial charge < -0.3 is 10.1 Å². The smallest absolute Gasteiger partial charge is 0.261 e. The molecule has 1 unspecified atom stereocenters. The number of hydrogen-bond acceptors (Lipinski definition) is 4. The molecule has 1 rings (SSSR count). The predicted octanol–water partition coefficient (Wildman–Crippen LogP) is 1.60. The van der Waals surface area contributed by atoms with Crippen LogP contribution in [0.15, 0.2) is 4.99 Å². The van der Waals surface area contributed by atoms with Crippen molar-refractivity contribution in [3.63, 3.8) is 0 Å². The highest BCUT2D eigenvalue weighted by Crippen LogP contribution is 2.15. The fraction of sp³-hybridized carbons (Fsp3) is 0.889. The van der Waals surface area contributed by atoms with E-state index in [1.807, 2.05) is 0 Å². The third-order valence-electron chi connectivity index (χ3n) is 1.82. The van der Waals surface area contributed by atoms with E-state index >= 15 is 0 Å². The fourth-order valence-corrected chi connectivity index (χ4v) is 1.99. The van der Waals surface area contributed by atoms with Crippen molar-refractivity contribution in [1.82, 2.24) is 5.32 Å². The molecule has 88 valence electrons. The van der Waals surface area contributed by atoms with Crippen molar-refractivity contribution in [3.8, 4) is 0 Å². The van der Waals surface area contributed by atoms with Crippen LogP contribution in [0.25, 0.3) is 0 Å². The Hall–Kier alpha value is -0.360. The van der Waals surface area contributed by atoms with Gasteiger partial charge in [0.1, 0.15) is 6.61 Å². The molecule has 3 nitrogen and oxygen atoms in total. The van der Waals surface area contributed by atoms with Gasteiger partial charge in [-0.25, -0.2) is 8.78 Å². The largest absolute Gasteiger partial charge is 0.374 e. The second-order valence-corrected chi connectivity index (χ2v) is 4.46. The van der Waals surface area contributed by atoms with Gasteiger partial charge in [0.25, 0.3) is 6.43 Å². The first-order chi connectivity index (χ1) is 7.18. The van der Waals surface area contributed by atoms with Crippen LogP contribution < -0.4 is 5.32 Å². The van der Waals surface area contributed by atoms with Crippen LogP contribution in [0.3, 0.4) is 0 Å². The fourth-order valence-electron chi connectivity index (χ4n) is 1.07. The molecule has 6 heteroatoms. The number of amidine groups is 1. The molecule has 1 aliphatic heterocycles. The molecule has 0 radical (unpaired) electrons. The Morgan fingerprint density at radius 3 is 3.07 bits per heavy atom. The first-order valence-electron chi connectivity index (χ1n) is 4.95. The Labute approximate surface area is 92.7 Å². The summed E-state index contributed by atoms with van der Waals surface area (Å²) in [7, 11) is 0. The molecule has 0 saturated heterocycles. The average Bonchev–Trinajstić information content (AvgIpc) is 2.20. The minimum Gasteiger partial charge on any atom is -0.374 e. The molecule has 0 aromatic heterocycles. The van der Waals surface area contributed by atoms with Crippen LogP contribution in [0, 0.1) is 5.92 Å². The second-order valence-electron chi connectivity index (χ2n) is 3.45. The van der Waals surface area contributed by atoms with Crippen molar-refractivity contribution >= 4 is 16.9 Å². The van der Waals surface area contributed by atoms with E-state index < -0.39 is 13.0 Å². The van der Waals surface area contributed by atoms with E-state index in [2.05, 4.69) is 17.2 Å². The summed E-state index contributed by atoms with van der Waals surface area (Å²) in [6.45, 7) is 3.33. The molecule has 1 aliphatic rings. The van der Waals surface area contributed by atoms with Gasteiger partial charge in [0.15, 0.2) is 5.17 Å². The summed E-state index contributed by atoms with van der Waals surface area (Å²) in [5.74, 6) is 1.68. The summed E-state index contributed by atoms with van der Waals surface area (Å²) in [4.78, 5) is 4.31. The minimum atomic E-state index is -2.38. The zero-order chi connectivity index (χ0) is 11.1. The van der Waals surface area contributed by atoms with E-state index in [1.54, 1.807) is 11.8 Å². The molecule has 0 aliphatic carbocycles. The van der Waals surface area contributed by atoms with E-state index in [9.17, 15) is 8.78 Å². The van der Waals surface area contributed by atoms with Crippen LogP contribution in [0.2, 0.25) is 0 Å². The Morgan fingerprint density at radius 1 is 1.67 bits per heavy atom. The summed E-state index contributed by atoms with van der Waals surface area (Å²) in [5, 5.41) is 3.96. The van der Waals surface area contributed by atoms with Crippen LogP contribution in [-0.4, -0.2) is 43.6 Å². The van der Waals surface area contributed by atoms with E-state index in [1.165, 1.54) is 0 Å². The quantitative estimate of drug-likeness (QED) is 0.739. The zero-order valence-corrected chi connectivity index (χ0v) is 9.53. The SMILES string of the molecule is CC1CN=C(NCCOCC(F)F)SC1. The van der Waals surface area contributed by atoms with Crippen LogP contribution in [0.1, 0.15) is 6.92 Å². The van der Waals surface area contributed by atoms with Gasteiger partial charge in [-0.2, -0.15) is 0 Å². The van der Waals surface area contributed by atoms with Gasteiger partial charge in [-0.3, -0.25) is 4.99 Å². The van der Waals surface area contributed by atoms with Crippen molar-refractivity contribution in [2.45, 2.75) is 13.3 Å². The number of hydrogen-bond donors (Lipinski definition) is 1. The zero-order valence-electron chi connectivity index (χ0n) is 8.71. The Kier molecular flexibility index (Phi) is 5.93. The molecule has 0 aromatic carbocycles. The minimum absolute atomic E-state index is 0.291. The van der Waals surface area contributed by atoms with E-state index in [0.717, 1.165) is 17.5 Å². The van der Waals surface area contributed by atoms with Gasteiger partial charge in [-0.1, -0.05) is 18.7 Å². The molecule has 1 heterocycles. The van der Waals surface area contributed by atoms with Crippen molar-refractivity contribution in [2.24, 2.45) is 10.9 Å². The molecule has 1 N–H and O–H groups in total. The first-order valence-corrected chi connectivity index (χ1v) is 5.94. The topological polar surface area (TPSA) is 33.6 Å². The monoisotopic (exact) mass is 238 g/mol. The van der Waals surface area contributed by atoms with Crippen LogP contribution in [0.4, 0.5) is 8.78 Å². The Morgan fingerprint density at radius 2 is 2.47 bits per heavy atom. The van der Waals surface area contributed by atoms with E-state index in [4.69, 9.17) is 4.74 Å². The number of nitrogens with one attached hydrogen (secondary N) is 1. The van der Waals surface area contributed by atoms with Crippen molar-refractivity contribution in [3.05, 3.63) is 0 Å². The van der Waals surface area contributed by atoms with Crippen molar-refractivity contribution in [2.75, 3.05) is 32.1 Å². The summed E-state index contributed by atoms with van der Waals surface area (Å²) < 4.78 is 28.1. The molecule has 1 atom stereocenters. The molecule has 15 heavy (non-hydrogen) atoms. The third kappa shape index (κ3) is 5.94. The maximum absolute atomic E-state index is 11.7. The maximum Gasteiger partial charge on any atom is 0.261 e. The van der Waals surface area contributed by atoms with Crippen LogP contribution >= 0.6 is 11.8 Å². The van der Waals surface area contributed by atoms with Crippen LogP contribution in [-0.2, 0) is 4.74 Å².